The monoisotopic (exact) mass is 486 g/mol. The highest BCUT2D eigenvalue weighted by Gasteiger charge is 2.11. The molecule has 1 amide bonds. The Morgan fingerprint density at radius 1 is 1.10 bits per heavy atom. The first-order chi connectivity index (χ1) is 14.5. The van der Waals surface area contributed by atoms with Crippen molar-refractivity contribution in [3.8, 4) is 11.5 Å². The van der Waals surface area contributed by atoms with Crippen LogP contribution in [0.5, 0.6) is 11.5 Å². The number of carbonyl (C=O) groups is 1. The van der Waals surface area contributed by atoms with Gasteiger partial charge in [0.05, 0.1) is 23.4 Å². The molecule has 3 rings (SSSR count). The lowest BCUT2D eigenvalue weighted by Gasteiger charge is -2.09. The molecule has 5 nitrogen and oxygen atoms in total. The second-order valence-corrected chi connectivity index (χ2v) is 7.80. The molecular weight excluding hydrogens is 468 g/mol. The minimum atomic E-state index is -0.343. The summed E-state index contributed by atoms with van der Waals surface area (Å²) < 4.78 is 11.9. The number of carbonyl (C=O) groups excluding carboxylic acids is 1. The smallest absolute Gasteiger partial charge is 0.275 e. The van der Waals surface area contributed by atoms with Crippen LogP contribution >= 0.6 is 27.5 Å². The van der Waals surface area contributed by atoms with Crippen LogP contribution in [0.1, 0.15) is 27.0 Å². The number of aryl methyl sites for hydroxylation is 1. The van der Waals surface area contributed by atoms with Crippen molar-refractivity contribution in [1.82, 2.24) is 5.43 Å². The Labute approximate surface area is 188 Å². The van der Waals surface area contributed by atoms with Gasteiger partial charge in [0.25, 0.3) is 5.91 Å². The fourth-order valence-electron chi connectivity index (χ4n) is 2.67. The van der Waals surface area contributed by atoms with E-state index in [2.05, 4.69) is 26.5 Å². The molecule has 0 heterocycles. The molecule has 154 valence electrons. The molecule has 0 fully saturated rings. The Bertz CT molecular complexity index is 1070. The zero-order chi connectivity index (χ0) is 21.5. The highest BCUT2D eigenvalue weighted by Crippen LogP contribution is 2.26. The Kier molecular flexibility index (Phi) is 7.49. The molecule has 1 N–H and O–H groups in total. The van der Waals surface area contributed by atoms with E-state index in [0.29, 0.717) is 28.7 Å². The molecule has 7 heteroatoms. The van der Waals surface area contributed by atoms with Gasteiger partial charge < -0.3 is 9.47 Å². The molecule has 0 saturated heterocycles. The van der Waals surface area contributed by atoms with Crippen LogP contribution in [0.15, 0.2) is 70.2 Å². The third-order valence-corrected chi connectivity index (χ3v) is 5.12. The minimum absolute atomic E-state index is 0.343. The molecule has 0 unspecified atom stereocenters. The van der Waals surface area contributed by atoms with Gasteiger partial charge in [0.2, 0.25) is 0 Å². The third-order valence-electron chi connectivity index (χ3n) is 4.24. The van der Waals surface area contributed by atoms with Crippen LogP contribution in [-0.2, 0) is 6.61 Å². The molecule has 0 spiro atoms. The summed E-state index contributed by atoms with van der Waals surface area (Å²) >= 11 is 9.40. The zero-order valence-corrected chi connectivity index (χ0v) is 18.8. The number of rotatable bonds is 7. The molecule has 0 aliphatic rings. The summed E-state index contributed by atoms with van der Waals surface area (Å²) in [7, 11) is 1.53. The predicted octanol–water partition coefficient (Wildman–Crippen LogP) is 5.76. The fraction of sp³-hybridized carbons (Fsp3) is 0.130. The second-order valence-electron chi connectivity index (χ2n) is 6.51. The van der Waals surface area contributed by atoms with E-state index in [0.717, 1.165) is 21.2 Å². The van der Waals surface area contributed by atoms with Crippen molar-refractivity contribution in [2.75, 3.05) is 7.11 Å². The van der Waals surface area contributed by atoms with Crippen molar-refractivity contribution < 1.29 is 14.3 Å². The highest BCUT2D eigenvalue weighted by atomic mass is 79.9. The molecular formula is C23H20BrClN2O3. The quantitative estimate of drug-likeness (QED) is 0.340. The lowest BCUT2D eigenvalue weighted by molar-refractivity contribution is 0.0952. The number of methoxy groups -OCH3 is 1. The maximum absolute atomic E-state index is 12.3. The summed E-state index contributed by atoms with van der Waals surface area (Å²) in [5.74, 6) is 0.869. The molecule has 0 saturated carbocycles. The molecule has 0 aliphatic heterocycles. The number of nitrogens with one attached hydrogen (secondary N) is 1. The summed E-state index contributed by atoms with van der Waals surface area (Å²) in [6.45, 7) is 2.36. The first-order valence-corrected chi connectivity index (χ1v) is 10.3. The number of ether oxygens (including phenoxy) is 2. The third kappa shape index (κ3) is 5.84. The summed E-state index contributed by atoms with van der Waals surface area (Å²) in [5, 5.41) is 4.73. The Hall–Kier alpha value is -2.83. The van der Waals surface area contributed by atoms with E-state index in [4.69, 9.17) is 21.1 Å². The first kappa shape index (κ1) is 21.9. The van der Waals surface area contributed by atoms with E-state index in [1.54, 1.807) is 18.3 Å². The van der Waals surface area contributed by atoms with Gasteiger partial charge in [0.1, 0.15) is 18.1 Å². The maximum atomic E-state index is 12.3. The largest absolute Gasteiger partial charge is 0.496 e. The lowest BCUT2D eigenvalue weighted by atomic mass is 10.1. The van der Waals surface area contributed by atoms with Gasteiger partial charge in [-0.3, -0.25) is 4.79 Å². The molecule has 30 heavy (non-hydrogen) atoms. The first-order valence-electron chi connectivity index (χ1n) is 9.11. The summed E-state index contributed by atoms with van der Waals surface area (Å²) in [6.07, 6.45) is 1.56. The van der Waals surface area contributed by atoms with Crippen molar-refractivity contribution in [3.63, 3.8) is 0 Å². The van der Waals surface area contributed by atoms with Crippen molar-refractivity contribution in [3.05, 3.63) is 92.4 Å². The van der Waals surface area contributed by atoms with Crippen molar-refractivity contribution in [2.24, 2.45) is 5.10 Å². The Morgan fingerprint density at radius 3 is 2.57 bits per heavy atom. The number of halogens is 2. The van der Waals surface area contributed by atoms with Crippen LogP contribution in [-0.4, -0.2) is 19.2 Å². The van der Waals surface area contributed by atoms with Crippen molar-refractivity contribution in [1.29, 1.82) is 0 Å². The molecule has 0 bridgehead atoms. The van der Waals surface area contributed by atoms with Crippen LogP contribution < -0.4 is 14.9 Å². The van der Waals surface area contributed by atoms with Crippen molar-refractivity contribution >= 4 is 39.7 Å². The normalized spacial score (nSPS) is 10.8. The Balaban J connectivity index is 1.60. The van der Waals surface area contributed by atoms with Crippen LogP contribution in [0.4, 0.5) is 0 Å². The van der Waals surface area contributed by atoms with E-state index < -0.39 is 0 Å². The fourth-order valence-corrected chi connectivity index (χ4v) is 3.30. The maximum Gasteiger partial charge on any atom is 0.275 e. The summed E-state index contributed by atoms with van der Waals surface area (Å²) in [5.41, 5.74) is 5.78. The highest BCUT2D eigenvalue weighted by molar-refractivity contribution is 9.10. The number of hydrogen-bond acceptors (Lipinski definition) is 4. The number of amides is 1. The molecule has 0 aliphatic carbocycles. The number of hydrazone groups is 1. The Morgan fingerprint density at radius 2 is 1.87 bits per heavy atom. The van der Waals surface area contributed by atoms with Gasteiger partial charge in [0, 0.05) is 5.02 Å². The van der Waals surface area contributed by atoms with Crippen LogP contribution in [0.3, 0.4) is 0 Å². The van der Waals surface area contributed by atoms with Gasteiger partial charge in [-0.25, -0.2) is 5.43 Å². The van der Waals surface area contributed by atoms with E-state index in [1.165, 1.54) is 7.11 Å². The van der Waals surface area contributed by atoms with Crippen LogP contribution in [0, 0.1) is 6.92 Å². The van der Waals surface area contributed by atoms with Gasteiger partial charge in [-0.2, -0.15) is 5.10 Å². The topological polar surface area (TPSA) is 59.9 Å². The minimum Gasteiger partial charge on any atom is -0.496 e. The van der Waals surface area contributed by atoms with Crippen LogP contribution in [0.25, 0.3) is 0 Å². The SMILES string of the molecule is COc1cc(C)ccc1C(=O)N/N=C\c1ccc(OCc2ccc(Cl)cc2)c(Br)c1. The van der Waals surface area contributed by atoms with Gasteiger partial charge in [-0.05, 0) is 82.0 Å². The van der Waals surface area contributed by atoms with Crippen molar-refractivity contribution in [2.45, 2.75) is 13.5 Å². The lowest BCUT2D eigenvalue weighted by Crippen LogP contribution is -2.18. The van der Waals surface area contributed by atoms with E-state index in [-0.39, 0.29) is 5.91 Å². The predicted molar refractivity (Wildman–Crippen MR) is 123 cm³/mol. The van der Waals surface area contributed by atoms with E-state index >= 15 is 0 Å². The number of hydrogen-bond donors (Lipinski definition) is 1. The molecule has 0 radical (unpaired) electrons. The summed E-state index contributed by atoms with van der Waals surface area (Å²) in [6, 6.07) is 18.4. The van der Waals surface area contributed by atoms with Gasteiger partial charge >= 0.3 is 0 Å². The molecule has 0 atom stereocenters. The second kappa shape index (κ2) is 10.3. The number of benzene rings is 3. The molecule has 0 aromatic heterocycles. The summed E-state index contributed by atoms with van der Waals surface area (Å²) in [4.78, 5) is 12.3. The molecule has 3 aromatic rings. The zero-order valence-electron chi connectivity index (χ0n) is 16.5. The number of nitrogens with zero attached hydrogens (tertiary/aromatic N) is 1. The standard InChI is InChI=1S/C23H20BrClN2O3/c1-15-3-9-19(22(11-15)29-2)23(28)27-26-13-17-6-10-21(20(24)12-17)30-14-16-4-7-18(25)8-5-16/h3-13H,14H2,1-2H3,(H,27,28)/b26-13-. The average molecular weight is 488 g/mol. The van der Waals surface area contributed by atoms with Gasteiger partial charge in [0.15, 0.2) is 0 Å². The van der Waals surface area contributed by atoms with Crippen LogP contribution in [0.2, 0.25) is 5.02 Å². The average Bonchev–Trinajstić information content (AvgIpc) is 2.74. The van der Waals surface area contributed by atoms with Gasteiger partial charge in [-0.1, -0.05) is 29.8 Å². The molecule has 3 aromatic carbocycles. The van der Waals surface area contributed by atoms with E-state index in [9.17, 15) is 4.79 Å². The van der Waals surface area contributed by atoms with Gasteiger partial charge in [-0.15, -0.1) is 0 Å². The van der Waals surface area contributed by atoms with E-state index in [1.807, 2.05) is 55.5 Å².